The topological polar surface area (TPSA) is 55.8 Å². The fourth-order valence-corrected chi connectivity index (χ4v) is 3.68. The van der Waals surface area contributed by atoms with Gasteiger partial charge in [-0.15, -0.1) is 5.92 Å². The van der Waals surface area contributed by atoms with Crippen LogP contribution in [0.5, 0.6) is 0 Å². The fraction of sp³-hybridized carbons (Fsp3) is 0.750. The number of carboxylic acid groups (broad SMARTS) is 1. The van der Waals surface area contributed by atoms with Crippen molar-refractivity contribution >= 4 is 5.97 Å². The number of carbonyl (C=O) groups is 1. The van der Waals surface area contributed by atoms with Gasteiger partial charge in [0.25, 0.3) is 0 Å². The van der Waals surface area contributed by atoms with E-state index in [0.717, 1.165) is 45.1 Å². The highest BCUT2D eigenvalue weighted by Gasteiger charge is 2.48. The molecule has 134 valence electrons. The largest absolute Gasteiger partial charge is 0.481 e. The summed E-state index contributed by atoms with van der Waals surface area (Å²) in [6.45, 7) is 3.38. The first kappa shape index (κ1) is 19.0. The normalized spacial score (nSPS) is 28.2. The van der Waals surface area contributed by atoms with E-state index in [1.165, 1.54) is 0 Å². The van der Waals surface area contributed by atoms with Crippen molar-refractivity contribution in [3.05, 3.63) is 12.2 Å². The first-order chi connectivity index (χ1) is 11.7. The van der Waals surface area contributed by atoms with Gasteiger partial charge in [0.2, 0.25) is 0 Å². The lowest BCUT2D eigenvalue weighted by Gasteiger charge is -2.26. The Morgan fingerprint density at radius 2 is 2.04 bits per heavy atom. The summed E-state index contributed by atoms with van der Waals surface area (Å²) in [4.78, 5) is 10.5. The van der Waals surface area contributed by atoms with E-state index in [2.05, 4.69) is 30.9 Å². The third-order valence-corrected chi connectivity index (χ3v) is 4.91. The summed E-state index contributed by atoms with van der Waals surface area (Å²) in [5.41, 5.74) is 0. The Kier molecular flexibility index (Phi) is 8.35. The molecule has 0 aromatic heterocycles. The standard InChI is InChI=1S/C20H30O4/c1-2-3-4-9-14-23-15-17-16(18-12-13-19(17)24-18)10-7-5-6-8-11-20(21)22/h5,7,16-19H,2-3,6,8,10-15H2,1H3,(H,21,22)/t16-,17-,18+,19-/m0/s1. The quantitative estimate of drug-likeness (QED) is 0.375. The van der Waals surface area contributed by atoms with Crippen LogP contribution >= 0.6 is 0 Å². The van der Waals surface area contributed by atoms with Gasteiger partial charge in [0.15, 0.2) is 0 Å². The van der Waals surface area contributed by atoms with Crippen LogP contribution in [0.2, 0.25) is 0 Å². The zero-order valence-electron chi connectivity index (χ0n) is 14.7. The van der Waals surface area contributed by atoms with E-state index >= 15 is 0 Å². The van der Waals surface area contributed by atoms with Crippen molar-refractivity contribution in [1.82, 2.24) is 0 Å². The summed E-state index contributed by atoms with van der Waals surface area (Å²) in [6.07, 6.45) is 12.2. The molecule has 24 heavy (non-hydrogen) atoms. The molecule has 2 fully saturated rings. The molecule has 2 rings (SSSR count). The predicted octanol–water partition coefficient (Wildman–Crippen LogP) is 3.80. The SMILES string of the molecule is CCCC#CCOC[C@H]1[C@H](CC=CCCCC(=O)O)[C@H]2CC[C@@H]1O2. The van der Waals surface area contributed by atoms with Crippen LogP contribution < -0.4 is 0 Å². The van der Waals surface area contributed by atoms with Crippen LogP contribution in [0, 0.1) is 23.7 Å². The van der Waals surface area contributed by atoms with Gasteiger partial charge in [0, 0.05) is 18.8 Å². The lowest BCUT2D eigenvalue weighted by Crippen LogP contribution is -2.30. The van der Waals surface area contributed by atoms with Crippen molar-refractivity contribution in [2.24, 2.45) is 11.8 Å². The van der Waals surface area contributed by atoms with Crippen LogP contribution in [0.4, 0.5) is 0 Å². The van der Waals surface area contributed by atoms with Crippen LogP contribution in [0.15, 0.2) is 12.2 Å². The molecule has 2 bridgehead atoms. The number of rotatable bonds is 10. The molecule has 0 unspecified atom stereocenters. The Hall–Kier alpha value is -1.31. The van der Waals surface area contributed by atoms with Crippen LogP contribution in [0.25, 0.3) is 0 Å². The second-order valence-electron chi connectivity index (χ2n) is 6.73. The summed E-state index contributed by atoms with van der Waals surface area (Å²) in [6, 6.07) is 0. The van der Waals surface area contributed by atoms with E-state index in [1.54, 1.807) is 0 Å². The molecule has 2 saturated heterocycles. The lowest BCUT2D eigenvalue weighted by atomic mass is 9.78. The monoisotopic (exact) mass is 334 g/mol. The molecule has 2 heterocycles. The van der Waals surface area contributed by atoms with E-state index in [-0.39, 0.29) is 6.42 Å². The molecule has 2 aliphatic heterocycles. The maximum Gasteiger partial charge on any atom is 0.303 e. The maximum atomic E-state index is 10.5. The third kappa shape index (κ3) is 5.96. The summed E-state index contributed by atoms with van der Waals surface area (Å²) in [7, 11) is 0. The fourth-order valence-electron chi connectivity index (χ4n) is 3.68. The zero-order valence-corrected chi connectivity index (χ0v) is 14.7. The summed E-state index contributed by atoms with van der Waals surface area (Å²) in [5.74, 6) is 6.46. The molecule has 4 atom stereocenters. The van der Waals surface area contributed by atoms with E-state index in [0.29, 0.717) is 37.1 Å². The van der Waals surface area contributed by atoms with Crippen molar-refractivity contribution in [2.75, 3.05) is 13.2 Å². The molecule has 0 aromatic carbocycles. The molecular formula is C20H30O4. The average molecular weight is 334 g/mol. The van der Waals surface area contributed by atoms with Gasteiger partial charge in [0.05, 0.1) is 18.8 Å². The highest BCUT2D eigenvalue weighted by molar-refractivity contribution is 5.66. The van der Waals surface area contributed by atoms with Gasteiger partial charge in [0.1, 0.15) is 6.61 Å². The van der Waals surface area contributed by atoms with Crippen LogP contribution in [0.3, 0.4) is 0 Å². The number of fused-ring (bicyclic) bond motifs is 2. The number of hydrogen-bond donors (Lipinski definition) is 1. The Morgan fingerprint density at radius 1 is 1.25 bits per heavy atom. The smallest absolute Gasteiger partial charge is 0.303 e. The van der Waals surface area contributed by atoms with Crippen LogP contribution in [-0.4, -0.2) is 36.5 Å². The first-order valence-electron chi connectivity index (χ1n) is 9.28. The van der Waals surface area contributed by atoms with E-state index in [4.69, 9.17) is 14.6 Å². The highest BCUT2D eigenvalue weighted by Crippen LogP contribution is 2.45. The van der Waals surface area contributed by atoms with Crippen LogP contribution in [0.1, 0.15) is 58.3 Å². The Labute approximate surface area is 145 Å². The van der Waals surface area contributed by atoms with E-state index in [1.807, 2.05) is 0 Å². The Morgan fingerprint density at radius 3 is 2.79 bits per heavy atom. The maximum absolute atomic E-state index is 10.5. The molecule has 0 aliphatic carbocycles. The second kappa shape index (κ2) is 10.5. The Bertz CT molecular complexity index is 474. The van der Waals surface area contributed by atoms with Gasteiger partial charge in [-0.1, -0.05) is 25.0 Å². The van der Waals surface area contributed by atoms with Crippen LogP contribution in [-0.2, 0) is 14.3 Å². The zero-order chi connectivity index (χ0) is 17.2. The molecule has 4 nitrogen and oxygen atoms in total. The molecule has 0 aromatic rings. The molecule has 0 radical (unpaired) electrons. The highest BCUT2D eigenvalue weighted by atomic mass is 16.5. The minimum atomic E-state index is -0.718. The number of allylic oxidation sites excluding steroid dienone is 2. The summed E-state index contributed by atoms with van der Waals surface area (Å²) < 4.78 is 11.9. The molecular weight excluding hydrogens is 304 g/mol. The number of aliphatic carboxylic acids is 1. The van der Waals surface area contributed by atoms with Gasteiger partial charge in [-0.25, -0.2) is 0 Å². The van der Waals surface area contributed by atoms with Crippen molar-refractivity contribution in [3.63, 3.8) is 0 Å². The lowest BCUT2D eigenvalue weighted by molar-refractivity contribution is -0.137. The molecule has 0 amide bonds. The van der Waals surface area contributed by atoms with Crippen molar-refractivity contribution in [2.45, 2.75) is 70.5 Å². The van der Waals surface area contributed by atoms with Gasteiger partial charge in [-0.05, 0) is 44.4 Å². The predicted molar refractivity (Wildman–Crippen MR) is 93.6 cm³/mol. The van der Waals surface area contributed by atoms with Gasteiger partial charge < -0.3 is 14.6 Å². The van der Waals surface area contributed by atoms with Gasteiger partial charge in [-0.2, -0.15) is 0 Å². The summed E-state index contributed by atoms with van der Waals surface area (Å²) in [5, 5.41) is 8.64. The van der Waals surface area contributed by atoms with Crippen molar-refractivity contribution < 1.29 is 19.4 Å². The van der Waals surface area contributed by atoms with Crippen molar-refractivity contribution in [3.8, 4) is 11.8 Å². The minimum absolute atomic E-state index is 0.247. The number of hydrogen-bond acceptors (Lipinski definition) is 3. The summed E-state index contributed by atoms with van der Waals surface area (Å²) >= 11 is 0. The number of unbranched alkanes of at least 4 members (excludes halogenated alkanes) is 2. The Balaban J connectivity index is 1.70. The second-order valence-corrected chi connectivity index (χ2v) is 6.73. The van der Waals surface area contributed by atoms with Crippen molar-refractivity contribution in [1.29, 1.82) is 0 Å². The van der Waals surface area contributed by atoms with E-state index in [9.17, 15) is 4.79 Å². The van der Waals surface area contributed by atoms with E-state index < -0.39 is 5.97 Å². The molecule has 0 saturated carbocycles. The average Bonchev–Trinajstić information content (AvgIpc) is 3.15. The van der Waals surface area contributed by atoms with Gasteiger partial charge >= 0.3 is 5.97 Å². The first-order valence-corrected chi connectivity index (χ1v) is 9.28. The number of carboxylic acids is 1. The molecule has 4 heteroatoms. The molecule has 0 spiro atoms. The van der Waals surface area contributed by atoms with Gasteiger partial charge in [-0.3, -0.25) is 4.79 Å². The third-order valence-electron chi connectivity index (χ3n) is 4.91. The molecule has 1 N–H and O–H groups in total. The minimum Gasteiger partial charge on any atom is -0.481 e. The molecule has 2 aliphatic rings. The number of ether oxygens (including phenoxy) is 2.